The molecule has 4 nitrogen and oxygen atoms in total. The van der Waals surface area contributed by atoms with E-state index in [0.717, 1.165) is 16.1 Å². The van der Waals surface area contributed by atoms with Crippen molar-refractivity contribution >= 4 is 35.0 Å². The van der Waals surface area contributed by atoms with E-state index in [0.29, 0.717) is 11.4 Å². The van der Waals surface area contributed by atoms with Crippen LogP contribution in [0.5, 0.6) is 0 Å². The maximum absolute atomic E-state index is 12.4. The monoisotopic (exact) mass is 347 g/mol. The van der Waals surface area contributed by atoms with Crippen LogP contribution >= 0.6 is 23.4 Å². The van der Waals surface area contributed by atoms with E-state index in [-0.39, 0.29) is 18.0 Å². The first-order valence-electron chi connectivity index (χ1n) is 7.37. The standard InChI is InChI=1S/C17H18ClN3OS/c1-23-14-4-2-3-13(9-14)19-17(22)16-10-15(20-21-16)11-5-7-12(18)8-6-11/h2-9,15-16,20-21H,10H2,1H3,(H,19,22). The van der Waals surface area contributed by atoms with Crippen molar-refractivity contribution in [3.8, 4) is 0 Å². The maximum Gasteiger partial charge on any atom is 0.242 e. The zero-order chi connectivity index (χ0) is 16.2. The van der Waals surface area contributed by atoms with E-state index < -0.39 is 0 Å². The van der Waals surface area contributed by atoms with Crippen LogP contribution in [0.3, 0.4) is 0 Å². The van der Waals surface area contributed by atoms with Crippen molar-refractivity contribution in [2.24, 2.45) is 0 Å². The highest BCUT2D eigenvalue weighted by atomic mass is 35.5. The first-order valence-corrected chi connectivity index (χ1v) is 8.97. The SMILES string of the molecule is CSc1cccc(NC(=O)C2CC(c3ccc(Cl)cc3)NN2)c1. The second kappa shape index (κ2) is 7.36. The van der Waals surface area contributed by atoms with Gasteiger partial charge in [0.2, 0.25) is 5.91 Å². The van der Waals surface area contributed by atoms with Gasteiger partial charge >= 0.3 is 0 Å². The number of hydrazine groups is 1. The van der Waals surface area contributed by atoms with Crippen LogP contribution in [-0.4, -0.2) is 18.2 Å². The number of anilines is 1. The van der Waals surface area contributed by atoms with E-state index in [1.807, 2.05) is 54.8 Å². The van der Waals surface area contributed by atoms with Gasteiger partial charge < -0.3 is 5.32 Å². The molecule has 0 saturated carbocycles. The summed E-state index contributed by atoms with van der Waals surface area (Å²) in [4.78, 5) is 13.5. The van der Waals surface area contributed by atoms with Crippen molar-refractivity contribution in [3.63, 3.8) is 0 Å². The Kier molecular flexibility index (Phi) is 5.23. The Morgan fingerprint density at radius 3 is 2.74 bits per heavy atom. The molecule has 3 rings (SSSR count). The molecule has 2 aromatic carbocycles. The molecule has 0 aromatic heterocycles. The lowest BCUT2D eigenvalue weighted by Crippen LogP contribution is -2.39. The summed E-state index contributed by atoms with van der Waals surface area (Å²) in [5, 5.41) is 3.67. The molecule has 2 unspecified atom stereocenters. The van der Waals surface area contributed by atoms with Gasteiger partial charge in [-0.05, 0) is 48.6 Å². The van der Waals surface area contributed by atoms with Crippen molar-refractivity contribution in [2.75, 3.05) is 11.6 Å². The Morgan fingerprint density at radius 2 is 2.00 bits per heavy atom. The average Bonchev–Trinajstić information content (AvgIpc) is 3.06. The summed E-state index contributed by atoms with van der Waals surface area (Å²) < 4.78 is 0. The summed E-state index contributed by atoms with van der Waals surface area (Å²) in [6.07, 6.45) is 2.70. The van der Waals surface area contributed by atoms with Crippen molar-refractivity contribution in [3.05, 3.63) is 59.1 Å². The van der Waals surface area contributed by atoms with Gasteiger partial charge in [0.15, 0.2) is 0 Å². The lowest BCUT2D eigenvalue weighted by molar-refractivity contribution is -0.117. The average molecular weight is 348 g/mol. The summed E-state index contributed by atoms with van der Waals surface area (Å²) in [7, 11) is 0. The molecule has 1 aliphatic rings. The van der Waals surface area contributed by atoms with Gasteiger partial charge in [-0.3, -0.25) is 4.79 Å². The molecule has 3 N–H and O–H groups in total. The number of amides is 1. The zero-order valence-corrected chi connectivity index (χ0v) is 14.2. The Balaban J connectivity index is 1.61. The third-order valence-electron chi connectivity index (χ3n) is 3.83. The number of nitrogens with one attached hydrogen (secondary N) is 3. The number of rotatable bonds is 4. The van der Waals surface area contributed by atoms with Crippen LogP contribution in [-0.2, 0) is 4.79 Å². The normalized spacial score (nSPS) is 20.4. The molecule has 0 radical (unpaired) electrons. The molecule has 6 heteroatoms. The Hall–Kier alpha value is -1.53. The summed E-state index contributed by atoms with van der Waals surface area (Å²) in [5.74, 6) is -0.0350. The molecule has 1 fully saturated rings. The molecule has 23 heavy (non-hydrogen) atoms. The second-order valence-electron chi connectivity index (χ2n) is 5.40. The first-order chi connectivity index (χ1) is 11.2. The highest BCUT2D eigenvalue weighted by Gasteiger charge is 2.30. The van der Waals surface area contributed by atoms with Gasteiger partial charge in [-0.2, -0.15) is 0 Å². The minimum absolute atomic E-state index is 0.0350. The molecule has 1 amide bonds. The van der Waals surface area contributed by atoms with Crippen molar-refractivity contribution in [2.45, 2.75) is 23.4 Å². The van der Waals surface area contributed by atoms with Gasteiger partial charge in [0.25, 0.3) is 0 Å². The topological polar surface area (TPSA) is 53.2 Å². The van der Waals surface area contributed by atoms with Crippen LogP contribution in [0.25, 0.3) is 0 Å². The van der Waals surface area contributed by atoms with Crippen LogP contribution in [0.4, 0.5) is 5.69 Å². The lowest BCUT2D eigenvalue weighted by Gasteiger charge is -2.11. The number of benzene rings is 2. The van der Waals surface area contributed by atoms with Crippen LogP contribution < -0.4 is 16.2 Å². The summed E-state index contributed by atoms with van der Waals surface area (Å²) in [6.45, 7) is 0. The Labute approximate surface area is 145 Å². The quantitative estimate of drug-likeness (QED) is 0.739. The summed E-state index contributed by atoms with van der Waals surface area (Å²) in [6, 6.07) is 15.3. The molecule has 1 aliphatic heterocycles. The molecule has 1 heterocycles. The predicted octanol–water partition coefficient (Wildman–Crippen LogP) is 3.61. The third-order valence-corrected chi connectivity index (χ3v) is 4.81. The largest absolute Gasteiger partial charge is 0.325 e. The van der Waals surface area contributed by atoms with Gasteiger partial charge in [0.05, 0.1) is 0 Å². The number of carbonyl (C=O) groups excluding carboxylic acids is 1. The van der Waals surface area contributed by atoms with E-state index in [2.05, 4.69) is 16.2 Å². The number of hydrogen-bond acceptors (Lipinski definition) is 4. The lowest BCUT2D eigenvalue weighted by atomic mass is 10.0. The highest BCUT2D eigenvalue weighted by molar-refractivity contribution is 7.98. The molecule has 120 valence electrons. The van der Waals surface area contributed by atoms with Crippen LogP contribution in [0.2, 0.25) is 5.02 Å². The van der Waals surface area contributed by atoms with Crippen LogP contribution in [0, 0.1) is 0 Å². The highest BCUT2D eigenvalue weighted by Crippen LogP contribution is 2.25. The van der Waals surface area contributed by atoms with Gasteiger partial charge in [0.1, 0.15) is 6.04 Å². The van der Waals surface area contributed by atoms with Crippen LogP contribution in [0.15, 0.2) is 53.4 Å². The van der Waals surface area contributed by atoms with E-state index in [4.69, 9.17) is 11.6 Å². The fourth-order valence-corrected chi connectivity index (χ4v) is 3.16. The van der Waals surface area contributed by atoms with E-state index in [1.165, 1.54) is 0 Å². The predicted molar refractivity (Wildman–Crippen MR) is 95.7 cm³/mol. The summed E-state index contributed by atoms with van der Waals surface area (Å²) >= 11 is 7.56. The number of carbonyl (C=O) groups is 1. The Bertz CT molecular complexity index is 692. The van der Waals surface area contributed by atoms with Crippen molar-refractivity contribution in [1.82, 2.24) is 10.9 Å². The van der Waals surface area contributed by atoms with E-state index >= 15 is 0 Å². The molecular formula is C17H18ClN3OS. The Morgan fingerprint density at radius 1 is 1.22 bits per heavy atom. The smallest absolute Gasteiger partial charge is 0.242 e. The number of hydrogen-bond donors (Lipinski definition) is 3. The van der Waals surface area contributed by atoms with Crippen LogP contribution in [0.1, 0.15) is 18.0 Å². The maximum atomic E-state index is 12.4. The van der Waals surface area contributed by atoms with Gasteiger partial charge in [-0.15, -0.1) is 11.8 Å². The fraction of sp³-hybridized carbons (Fsp3) is 0.235. The number of thioether (sulfide) groups is 1. The second-order valence-corrected chi connectivity index (χ2v) is 6.72. The molecular weight excluding hydrogens is 330 g/mol. The molecule has 0 aliphatic carbocycles. The minimum atomic E-state index is -0.270. The minimum Gasteiger partial charge on any atom is -0.325 e. The van der Waals surface area contributed by atoms with E-state index in [9.17, 15) is 4.79 Å². The molecule has 1 saturated heterocycles. The van der Waals surface area contributed by atoms with E-state index in [1.54, 1.807) is 11.8 Å². The molecule has 0 spiro atoms. The van der Waals surface area contributed by atoms with Crippen molar-refractivity contribution in [1.29, 1.82) is 0 Å². The first kappa shape index (κ1) is 16.3. The zero-order valence-electron chi connectivity index (χ0n) is 12.7. The van der Waals surface area contributed by atoms with Gasteiger partial charge in [0, 0.05) is 21.6 Å². The molecule has 2 aromatic rings. The van der Waals surface area contributed by atoms with Gasteiger partial charge in [-0.1, -0.05) is 29.8 Å². The molecule has 2 atom stereocenters. The van der Waals surface area contributed by atoms with Crippen molar-refractivity contribution < 1.29 is 4.79 Å². The van der Waals surface area contributed by atoms with Gasteiger partial charge in [-0.25, -0.2) is 10.9 Å². The summed E-state index contributed by atoms with van der Waals surface area (Å²) in [5.41, 5.74) is 8.17. The number of halogens is 1. The molecule has 0 bridgehead atoms. The fourth-order valence-electron chi connectivity index (χ4n) is 2.57. The third kappa shape index (κ3) is 4.06.